The van der Waals surface area contributed by atoms with Crippen LogP contribution in [0.5, 0.6) is 0 Å². The number of rotatable bonds is 10. The molecule has 0 aromatic rings. The first kappa shape index (κ1) is 17.4. The lowest BCUT2D eigenvalue weighted by atomic mass is 10.1. The molecule has 0 aliphatic carbocycles. The van der Waals surface area contributed by atoms with E-state index in [1.807, 2.05) is 0 Å². The van der Waals surface area contributed by atoms with Crippen LogP contribution in [0.3, 0.4) is 0 Å². The number of nitrogens with two attached hydrogens (primary N) is 1. The molecule has 1 aliphatic heterocycles. The first-order chi connectivity index (χ1) is 9.45. The number of hydrogen-bond donors (Lipinski definition) is 1. The first-order valence-electron chi connectivity index (χ1n) is 7.74. The van der Waals surface area contributed by atoms with Gasteiger partial charge in [-0.05, 0) is 6.42 Å². The lowest BCUT2D eigenvalue weighted by Crippen LogP contribution is -2.32. The summed E-state index contributed by atoms with van der Waals surface area (Å²) in [7, 11) is -3.58. The van der Waals surface area contributed by atoms with Crippen LogP contribution in [-0.4, -0.2) is 37.6 Å². The molecule has 1 aliphatic rings. The van der Waals surface area contributed by atoms with Crippen LogP contribution in [-0.2, 0) is 14.8 Å². The Balaban J connectivity index is 2.09. The van der Waals surface area contributed by atoms with Crippen LogP contribution in [0.2, 0.25) is 0 Å². The number of carbonyl (C=O) groups is 1. The monoisotopic (exact) mass is 304 g/mol. The number of nitrogens with zero attached hydrogens (tertiary/aromatic N) is 1. The number of primary sulfonamides is 1. The molecular weight excluding hydrogens is 276 g/mol. The highest BCUT2D eigenvalue weighted by Crippen LogP contribution is 2.17. The number of carbonyl (C=O) groups excluding carboxylic acids is 1. The molecule has 0 radical (unpaired) electrons. The molecular formula is C14H28N2O3S. The van der Waals surface area contributed by atoms with E-state index in [9.17, 15) is 13.2 Å². The fourth-order valence-corrected chi connectivity index (χ4v) is 3.37. The van der Waals surface area contributed by atoms with Crippen molar-refractivity contribution in [1.29, 1.82) is 0 Å². The second kappa shape index (κ2) is 8.62. The highest BCUT2D eigenvalue weighted by atomic mass is 32.2. The van der Waals surface area contributed by atoms with Crippen LogP contribution >= 0.6 is 0 Å². The number of likely N-dealkylation sites (tertiary alicyclic amines) is 1. The standard InChI is InChI=1S/C14H28N2O3S/c1-2-3-4-5-6-7-8-9-10-16-12-13(11-14(16)17)20(15,18)19/h13H,2-12H2,1H3,(H2,15,18,19). The highest BCUT2D eigenvalue weighted by Gasteiger charge is 2.35. The van der Waals surface area contributed by atoms with E-state index in [-0.39, 0.29) is 18.9 Å². The summed E-state index contributed by atoms with van der Waals surface area (Å²) in [6.07, 6.45) is 9.77. The van der Waals surface area contributed by atoms with Gasteiger partial charge in [-0.3, -0.25) is 4.79 Å². The van der Waals surface area contributed by atoms with E-state index in [0.717, 1.165) is 12.8 Å². The van der Waals surface area contributed by atoms with Crippen molar-refractivity contribution in [3.63, 3.8) is 0 Å². The Labute approximate surface area is 122 Å². The van der Waals surface area contributed by atoms with Crippen molar-refractivity contribution in [3.8, 4) is 0 Å². The van der Waals surface area contributed by atoms with Crippen molar-refractivity contribution in [3.05, 3.63) is 0 Å². The summed E-state index contributed by atoms with van der Waals surface area (Å²) in [5.41, 5.74) is 0. The molecule has 0 bridgehead atoms. The Morgan fingerprint density at radius 2 is 1.65 bits per heavy atom. The van der Waals surface area contributed by atoms with Gasteiger partial charge in [0.15, 0.2) is 0 Å². The van der Waals surface area contributed by atoms with Crippen molar-refractivity contribution >= 4 is 15.9 Å². The minimum absolute atomic E-state index is 0.0514. The zero-order valence-electron chi connectivity index (χ0n) is 12.5. The van der Waals surface area contributed by atoms with Crippen molar-refractivity contribution in [2.75, 3.05) is 13.1 Å². The largest absolute Gasteiger partial charge is 0.341 e. The van der Waals surface area contributed by atoms with Gasteiger partial charge < -0.3 is 4.90 Å². The van der Waals surface area contributed by atoms with Gasteiger partial charge in [-0.25, -0.2) is 13.6 Å². The average Bonchev–Trinajstić information content (AvgIpc) is 2.74. The molecule has 1 unspecified atom stereocenters. The molecule has 1 heterocycles. The predicted molar refractivity (Wildman–Crippen MR) is 80.7 cm³/mol. The molecule has 1 rings (SSSR count). The molecule has 1 atom stereocenters. The van der Waals surface area contributed by atoms with Crippen LogP contribution in [0, 0.1) is 0 Å². The van der Waals surface area contributed by atoms with Gasteiger partial charge in [-0.1, -0.05) is 51.9 Å². The molecule has 5 nitrogen and oxygen atoms in total. The maximum atomic E-state index is 11.7. The van der Waals surface area contributed by atoms with Crippen LogP contribution < -0.4 is 5.14 Å². The average molecular weight is 304 g/mol. The normalized spacial score (nSPS) is 19.8. The third kappa shape index (κ3) is 6.22. The minimum Gasteiger partial charge on any atom is -0.341 e. The van der Waals surface area contributed by atoms with E-state index < -0.39 is 15.3 Å². The van der Waals surface area contributed by atoms with Crippen molar-refractivity contribution in [1.82, 2.24) is 4.90 Å². The summed E-state index contributed by atoms with van der Waals surface area (Å²) in [4.78, 5) is 13.3. The summed E-state index contributed by atoms with van der Waals surface area (Å²) >= 11 is 0. The van der Waals surface area contributed by atoms with Gasteiger partial charge in [0.2, 0.25) is 15.9 Å². The van der Waals surface area contributed by atoms with Gasteiger partial charge in [0.05, 0.1) is 0 Å². The Hall–Kier alpha value is -0.620. The molecule has 0 aromatic heterocycles. The Kier molecular flexibility index (Phi) is 7.51. The number of unbranched alkanes of at least 4 members (excludes halogenated alkanes) is 7. The van der Waals surface area contributed by atoms with E-state index in [1.54, 1.807) is 4.90 Å². The number of hydrogen-bond acceptors (Lipinski definition) is 3. The summed E-state index contributed by atoms with van der Waals surface area (Å²) < 4.78 is 22.4. The van der Waals surface area contributed by atoms with Gasteiger partial charge >= 0.3 is 0 Å². The quantitative estimate of drug-likeness (QED) is 0.627. The van der Waals surface area contributed by atoms with Gasteiger partial charge in [-0.15, -0.1) is 0 Å². The summed E-state index contributed by atoms with van der Waals surface area (Å²) in [5.74, 6) is -0.0769. The molecule has 1 fully saturated rings. The van der Waals surface area contributed by atoms with Crippen LogP contribution in [0.4, 0.5) is 0 Å². The summed E-state index contributed by atoms with van der Waals surface area (Å²) in [6.45, 7) is 3.15. The highest BCUT2D eigenvalue weighted by molar-refractivity contribution is 7.89. The van der Waals surface area contributed by atoms with Crippen LogP contribution in [0.15, 0.2) is 0 Å². The SMILES string of the molecule is CCCCCCCCCCN1CC(S(N)(=O)=O)CC1=O. The lowest BCUT2D eigenvalue weighted by molar-refractivity contribution is -0.127. The Bertz CT molecular complexity index is 395. The molecule has 118 valence electrons. The number of amides is 1. The fraction of sp³-hybridized carbons (Fsp3) is 0.929. The van der Waals surface area contributed by atoms with Crippen molar-refractivity contribution in [2.24, 2.45) is 5.14 Å². The lowest BCUT2D eigenvalue weighted by Gasteiger charge is -2.15. The molecule has 1 saturated heterocycles. The molecule has 0 aromatic carbocycles. The van der Waals surface area contributed by atoms with E-state index in [4.69, 9.17) is 5.14 Å². The van der Waals surface area contributed by atoms with Gasteiger partial charge in [0, 0.05) is 19.5 Å². The van der Waals surface area contributed by atoms with Crippen molar-refractivity contribution < 1.29 is 13.2 Å². The maximum Gasteiger partial charge on any atom is 0.224 e. The zero-order chi connectivity index (χ0) is 15.0. The first-order valence-corrected chi connectivity index (χ1v) is 9.35. The summed E-state index contributed by atoms with van der Waals surface area (Å²) in [5, 5.41) is 4.39. The minimum atomic E-state index is -3.58. The van der Waals surface area contributed by atoms with Gasteiger partial charge in [-0.2, -0.15) is 0 Å². The third-order valence-electron chi connectivity index (χ3n) is 3.93. The third-order valence-corrected chi connectivity index (χ3v) is 5.17. The maximum absolute atomic E-state index is 11.7. The van der Waals surface area contributed by atoms with E-state index in [1.165, 1.54) is 38.5 Å². The topological polar surface area (TPSA) is 80.5 Å². The second-order valence-electron chi connectivity index (χ2n) is 5.73. The molecule has 0 saturated carbocycles. The molecule has 6 heteroatoms. The number of sulfonamides is 1. The zero-order valence-corrected chi connectivity index (χ0v) is 13.3. The van der Waals surface area contributed by atoms with E-state index >= 15 is 0 Å². The Morgan fingerprint density at radius 3 is 2.15 bits per heavy atom. The smallest absolute Gasteiger partial charge is 0.224 e. The Morgan fingerprint density at radius 1 is 1.10 bits per heavy atom. The van der Waals surface area contributed by atoms with E-state index in [0.29, 0.717) is 6.54 Å². The summed E-state index contributed by atoms with van der Waals surface area (Å²) in [6, 6.07) is 0. The van der Waals surface area contributed by atoms with Gasteiger partial charge in [0.1, 0.15) is 5.25 Å². The van der Waals surface area contributed by atoms with Crippen LogP contribution in [0.25, 0.3) is 0 Å². The fourth-order valence-electron chi connectivity index (χ4n) is 2.61. The molecule has 1 amide bonds. The molecule has 20 heavy (non-hydrogen) atoms. The van der Waals surface area contributed by atoms with Gasteiger partial charge in [0.25, 0.3) is 0 Å². The molecule has 2 N–H and O–H groups in total. The van der Waals surface area contributed by atoms with E-state index in [2.05, 4.69) is 6.92 Å². The predicted octanol–water partition coefficient (Wildman–Crippen LogP) is 2.02. The van der Waals surface area contributed by atoms with Crippen molar-refractivity contribution in [2.45, 2.75) is 70.0 Å². The second-order valence-corrected chi connectivity index (χ2v) is 7.57. The van der Waals surface area contributed by atoms with Crippen LogP contribution in [0.1, 0.15) is 64.7 Å². The molecule has 0 spiro atoms.